The number of nitrogens with one attached hydrogen (secondary N) is 1. The van der Waals surface area contributed by atoms with E-state index in [1.54, 1.807) is 24.3 Å². The molecule has 0 atom stereocenters. The lowest BCUT2D eigenvalue weighted by molar-refractivity contribution is 0.595. The van der Waals surface area contributed by atoms with Crippen molar-refractivity contribution in [2.24, 2.45) is 4.99 Å². The highest BCUT2D eigenvalue weighted by atomic mass is 32.2. The van der Waals surface area contributed by atoms with E-state index < -0.39 is 10.0 Å². The summed E-state index contributed by atoms with van der Waals surface area (Å²) >= 11 is 0. The zero-order valence-electron chi connectivity index (χ0n) is 9.77. The molecule has 0 aromatic heterocycles. The Kier molecular flexibility index (Phi) is 3.02. The number of nitrogens with zero attached hydrogens (tertiary/aromatic N) is 1. The molecule has 5 heteroatoms. The number of rotatable bonds is 2. The fourth-order valence-electron chi connectivity index (χ4n) is 1.57. The molecule has 17 heavy (non-hydrogen) atoms. The van der Waals surface area contributed by atoms with Crippen LogP contribution in [0.15, 0.2) is 45.8 Å². The van der Waals surface area contributed by atoms with E-state index in [4.69, 9.17) is 0 Å². The minimum absolute atomic E-state index is 0.302. The van der Waals surface area contributed by atoms with Crippen LogP contribution < -0.4 is 4.72 Å². The number of sulfonamides is 1. The van der Waals surface area contributed by atoms with E-state index in [0.29, 0.717) is 22.8 Å². The highest BCUT2D eigenvalue weighted by molar-refractivity contribution is 7.90. The van der Waals surface area contributed by atoms with E-state index in [-0.39, 0.29) is 0 Å². The zero-order chi connectivity index (χ0) is 12.5. The van der Waals surface area contributed by atoms with Gasteiger partial charge in [-0.25, -0.2) is 8.42 Å². The second kappa shape index (κ2) is 4.33. The van der Waals surface area contributed by atoms with Gasteiger partial charge in [0, 0.05) is 5.56 Å². The topological polar surface area (TPSA) is 58.5 Å². The van der Waals surface area contributed by atoms with Gasteiger partial charge in [0.15, 0.2) is 0 Å². The predicted octanol–water partition coefficient (Wildman–Crippen LogP) is 1.69. The van der Waals surface area contributed by atoms with Crippen LogP contribution >= 0.6 is 0 Å². The van der Waals surface area contributed by atoms with Crippen LogP contribution in [0.4, 0.5) is 0 Å². The molecular formula is C12H14N2O2S. The first kappa shape index (κ1) is 11.9. The second-order valence-electron chi connectivity index (χ2n) is 4.07. The molecule has 0 fully saturated rings. The van der Waals surface area contributed by atoms with Crippen molar-refractivity contribution in [3.05, 3.63) is 41.5 Å². The maximum absolute atomic E-state index is 11.8. The summed E-state index contributed by atoms with van der Waals surface area (Å²) < 4.78 is 26.0. The van der Waals surface area contributed by atoms with Crippen LogP contribution in [-0.2, 0) is 10.0 Å². The molecule has 1 aliphatic rings. The standard InChI is InChI=1S/C12H14N2O2S/c1-9(2)7-8-13-12-10-5-3-4-6-11(10)17(15,16)14-12/h3-7H,8H2,1-2H3,(H,13,14). The first-order valence-corrected chi connectivity index (χ1v) is 6.79. The van der Waals surface area contributed by atoms with Gasteiger partial charge in [-0.15, -0.1) is 0 Å². The summed E-state index contributed by atoms with van der Waals surface area (Å²) in [5.41, 5.74) is 1.80. The third-order valence-corrected chi connectivity index (χ3v) is 3.81. The van der Waals surface area contributed by atoms with Gasteiger partial charge in [-0.05, 0) is 26.0 Å². The van der Waals surface area contributed by atoms with Gasteiger partial charge >= 0.3 is 0 Å². The molecule has 1 aliphatic heterocycles. The molecule has 1 aromatic carbocycles. The maximum atomic E-state index is 11.8. The molecule has 0 spiro atoms. The van der Waals surface area contributed by atoms with Crippen LogP contribution in [-0.4, -0.2) is 20.8 Å². The fourth-order valence-corrected chi connectivity index (χ4v) is 2.82. The largest absolute Gasteiger partial charge is 0.263 e. The summed E-state index contributed by atoms with van der Waals surface area (Å²) in [6, 6.07) is 6.85. The van der Waals surface area contributed by atoms with Gasteiger partial charge in [0.1, 0.15) is 5.84 Å². The molecular weight excluding hydrogens is 236 g/mol. The van der Waals surface area contributed by atoms with Crippen LogP contribution in [0.5, 0.6) is 0 Å². The SMILES string of the molecule is CC(C)=CCN=C1NS(=O)(=O)c2ccccc21. The molecule has 1 aromatic rings. The lowest BCUT2D eigenvalue weighted by Gasteiger charge is -1.96. The lowest BCUT2D eigenvalue weighted by Crippen LogP contribution is -2.22. The molecule has 0 saturated carbocycles. The third kappa shape index (κ3) is 2.39. The van der Waals surface area contributed by atoms with Gasteiger partial charge in [-0.1, -0.05) is 23.8 Å². The normalized spacial score (nSPS) is 18.6. The highest BCUT2D eigenvalue weighted by Gasteiger charge is 2.29. The monoisotopic (exact) mass is 250 g/mol. The zero-order valence-corrected chi connectivity index (χ0v) is 10.6. The summed E-state index contributed by atoms with van der Waals surface area (Å²) in [4.78, 5) is 4.55. The number of amidine groups is 1. The maximum Gasteiger partial charge on any atom is 0.263 e. The smallest absolute Gasteiger partial charge is 0.263 e. The van der Waals surface area contributed by atoms with E-state index in [2.05, 4.69) is 9.71 Å². The molecule has 90 valence electrons. The first-order valence-electron chi connectivity index (χ1n) is 5.31. The molecule has 0 radical (unpaired) electrons. The molecule has 1 heterocycles. The summed E-state index contributed by atoms with van der Waals surface area (Å²) in [6.07, 6.45) is 1.95. The number of allylic oxidation sites excluding steroid dienone is 1. The van der Waals surface area contributed by atoms with Crippen molar-refractivity contribution < 1.29 is 8.42 Å². The molecule has 0 bridgehead atoms. The van der Waals surface area contributed by atoms with E-state index in [1.807, 2.05) is 19.9 Å². The average Bonchev–Trinajstić information content (AvgIpc) is 2.51. The van der Waals surface area contributed by atoms with Crippen LogP contribution in [0.1, 0.15) is 19.4 Å². The van der Waals surface area contributed by atoms with E-state index >= 15 is 0 Å². The quantitative estimate of drug-likeness (QED) is 0.812. The fraction of sp³-hybridized carbons (Fsp3) is 0.250. The van der Waals surface area contributed by atoms with Crippen molar-refractivity contribution in [3.63, 3.8) is 0 Å². The molecule has 0 amide bonds. The first-order chi connectivity index (χ1) is 8.00. The number of hydrogen-bond donors (Lipinski definition) is 1. The van der Waals surface area contributed by atoms with Gasteiger partial charge in [0.05, 0.1) is 11.4 Å². The van der Waals surface area contributed by atoms with Crippen molar-refractivity contribution >= 4 is 15.9 Å². The Morgan fingerprint density at radius 1 is 1.35 bits per heavy atom. The van der Waals surface area contributed by atoms with Crippen LogP contribution in [0, 0.1) is 0 Å². The predicted molar refractivity (Wildman–Crippen MR) is 67.6 cm³/mol. The molecule has 0 unspecified atom stereocenters. The average molecular weight is 250 g/mol. The van der Waals surface area contributed by atoms with Crippen molar-refractivity contribution in [2.45, 2.75) is 18.7 Å². The van der Waals surface area contributed by atoms with E-state index in [0.717, 1.165) is 5.57 Å². The highest BCUT2D eigenvalue weighted by Crippen LogP contribution is 2.21. The van der Waals surface area contributed by atoms with Crippen LogP contribution in [0.25, 0.3) is 0 Å². The summed E-state index contributed by atoms with van der Waals surface area (Å²) in [5, 5.41) is 0. The Bertz CT molecular complexity index is 597. The van der Waals surface area contributed by atoms with Crippen molar-refractivity contribution in [2.75, 3.05) is 6.54 Å². The number of aliphatic imine (C=N–C) groups is 1. The Hall–Kier alpha value is -1.62. The van der Waals surface area contributed by atoms with Gasteiger partial charge in [0.25, 0.3) is 10.0 Å². The summed E-state index contributed by atoms with van der Waals surface area (Å²) in [7, 11) is -3.41. The number of benzene rings is 1. The molecule has 0 aliphatic carbocycles. The Balaban J connectivity index is 2.39. The Morgan fingerprint density at radius 2 is 2.06 bits per heavy atom. The van der Waals surface area contributed by atoms with Crippen molar-refractivity contribution in [1.82, 2.24) is 4.72 Å². The number of fused-ring (bicyclic) bond motifs is 1. The van der Waals surface area contributed by atoms with Gasteiger partial charge in [-0.3, -0.25) is 9.71 Å². The van der Waals surface area contributed by atoms with Crippen LogP contribution in [0.3, 0.4) is 0 Å². The minimum Gasteiger partial charge on any atom is -0.263 e. The lowest BCUT2D eigenvalue weighted by atomic mass is 10.2. The Morgan fingerprint density at radius 3 is 2.76 bits per heavy atom. The van der Waals surface area contributed by atoms with Crippen LogP contribution in [0.2, 0.25) is 0 Å². The summed E-state index contributed by atoms with van der Waals surface area (Å²) in [5.74, 6) is 0.429. The van der Waals surface area contributed by atoms with E-state index in [9.17, 15) is 8.42 Å². The van der Waals surface area contributed by atoms with E-state index in [1.165, 1.54) is 0 Å². The second-order valence-corrected chi connectivity index (χ2v) is 5.72. The summed E-state index contributed by atoms with van der Waals surface area (Å²) in [6.45, 7) is 4.44. The van der Waals surface area contributed by atoms with Crippen molar-refractivity contribution in [3.8, 4) is 0 Å². The number of hydrogen-bond acceptors (Lipinski definition) is 3. The minimum atomic E-state index is -3.41. The van der Waals surface area contributed by atoms with Gasteiger partial charge < -0.3 is 0 Å². The Labute approximate surface area is 101 Å². The van der Waals surface area contributed by atoms with Gasteiger partial charge in [-0.2, -0.15) is 0 Å². The third-order valence-electron chi connectivity index (χ3n) is 2.41. The molecule has 2 rings (SSSR count). The van der Waals surface area contributed by atoms with Gasteiger partial charge in [0.2, 0.25) is 0 Å². The van der Waals surface area contributed by atoms with Crippen molar-refractivity contribution in [1.29, 1.82) is 0 Å². The molecule has 0 saturated heterocycles. The molecule has 4 nitrogen and oxygen atoms in total. The molecule has 1 N–H and O–H groups in total.